The Hall–Kier alpha value is -2.28. The number of amides is 3. The van der Waals surface area contributed by atoms with E-state index in [1.54, 1.807) is 4.90 Å². The average Bonchev–Trinajstić information content (AvgIpc) is 2.95. The van der Waals surface area contributed by atoms with Gasteiger partial charge in [0, 0.05) is 31.8 Å². The number of urea groups is 1. The van der Waals surface area contributed by atoms with Crippen LogP contribution in [0.4, 0.5) is 10.5 Å². The molecule has 0 aliphatic carbocycles. The molecule has 0 aromatic heterocycles. The summed E-state index contributed by atoms with van der Waals surface area (Å²) < 4.78 is 10.8. The fraction of sp³-hybridized carbons (Fsp3) is 0.579. The van der Waals surface area contributed by atoms with Gasteiger partial charge in [0.25, 0.3) is 0 Å². The molecule has 2 N–H and O–H groups in total. The van der Waals surface area contributed by atoms with Crippen molar-refractivity contribution in [3.05, 3.63) is 24.3 Å². The predicted octanol–water partition coefficient (Wildman–Crippen LogP) is 2.30. The molecule has 0 saturated carbocycles. The molecule has 7 heteroatoms. The second-order valence-electron chi connectivity index (χ2n) is 6.51. The van der Waals surface area contributed by atoms with Crippen molar-refractivity contribution in [2.75, 3.05) is 31.2 Å². The summed E-state index contributed by atoms with van der Waals surface area (Å²) in [6.07, 6.45) is 1.26. The van der Waals surface area contributed by atoms with Crippen LogP contribution in [0.3, 0.4) is 0 Å². The molecule has 3 amide bonds. The van der Waals surface area contributed by atoms with Crippen LogP contribution in [0, 0.1) is 0 Å². The van der Waals surface area contributed by atoms with E-state index in [-0.39, 0.29) is 24.1 Å². The van der Waals surface area contributed by atoms with Crippen LogP contribution in [0.2, 0.25) is 0 Å². The summed E-state index contributed by atoms with van der Waals surface area (Å²) in [5.41, 5.74) is 0.814. The fourth-order valence-corrected chi connectivity index (χ4v) is 2.77. The lowest BCUT2D eigenvalue weighted by Gasteiger charge is -2.18. The zero-order valence-corrected chi connectivity index (χ0v) is 15.8. The second-order valence-corrected chi connectivity index (χ2v) is 6.51. The van der Waals surface area contributed by atoms with Crippen molar-refractivity contribution in [2.45, 2.75) is 45.8 Å². The minimum Gasteiger partial charge on any atom is -0.494 e. The first-order valence-corrected chi connectivity index (χ1v) is 9.18. The summed E-state index contributed by atoms with van der Waals surface area (Å²) in [7, 11) is 0. The molecule has 0 radical (unpaired) electrons. The Balaban J connectivity index is 1.75. The fourth-order valence-electron chi connectivity index (χ4n) is 2.77. The van der Waals surface area contributed by atoms with Crippen molar-refractivity contribution < 1.29 is 19.1 Å². The standard InChI is InChI=1S/C19H29N3O4/c1-4-25-17-8-6-16(7-9-17)22-13-15(12-18(22)23)21-19(24)20-10-5-11-26-14(2)3/h6-9,14-15H,4-5,10-13H2,1-3H3,(H2,20,21,24). The summed E-state index contributed by atoms with van der Waals surface area (Å²) in [5.74, 6) is 0.781. The topological polar surface area (TPSA) is 79.9 Å². The summed E-state index contributed by atoms with van der Waals surface area (Å²) in [6.45, 7) is 8.12. The maximum Gasteiger partial charge on any atom is 0.315 e. The maximum atomic E-state index is 12.2. The number of anilines is 1. The van der Waals surface area contributed by atoms with E-state index in [1.807, 2.05) is 45.0 Å². The van der Waals surface area contributed by atoms with E-state index in [1.165, 1.54) is 0 Å². The molecule has 1 aliphatic rings. The van der Waals surface area contributed by atoms with Gasteiger partial charge in [0.15, 0.2) is 0 Å². The molecule has 2 rings (SSSR count). The molecule has 1 unspecified atom stereocenters. The molecular weight excluding hydrogens is 334 g/mol. The SMILES string of the molecule is CCOc1ccc(N2CC(NC(=O)NCCCOC(C)C)CC2=O)cc1. The van der Waals surface area contributed by atoms with Crippen LogP contribution < -0.4 is 20.3 Å². The van der Waals surface area contributed by atoms with Crippen molar-refractivity contribution >= 4 is 17.6 Å². The number of hydrogen-bond acceptors (Lipinski definition) is 4. The van der Waals surface area contributed by atoms with Crippen molar-refractivity contribution in [2.24, 2.45) is 0 Å². The van der Waals surface area contributed by atoms with Crippen LogP contribution in [0.15, 0.2) is 24.3 Å². The lowest BCUT2D eigenvalue weighted by molar-refractivity contribution is -0.117. The van der Waals surface area contributed by atoms with Gasteiger partial charge >= 0.3 is 6.03 Å². The number of rotatable bonds is 9. The van der Waals surface area contributed by atoms with Gasteiger partial charge in [-0.15, -0.1) is 0 Å². The first kappa shape index (κ1) is 20.0. The second kappa shape index (κ2) is 10.0. The molecule has 0 spiro atoms. The Kier molecular flexibility index (Phi) is 7.72. The molecule has 1 saturated heterocycles. The first-order chi connectivity index (χ1) is 12.5. The normalized spacial score (nSPS) is 16.8. The van der Waals surface area contributed by atoms with E-state index in [2.05, 4.69) is 10.6 Å². The number of nitrogens with zero attached hydrogens (tertiary/aromatic N) is 1. The average molecular weight is 363 g/mol. The third-order valence-corrected chi connectivity index (χ3v) is 3.98. The van der Waals surface area contributed by atoms with Crippen molar-refractivity contribution in [3.8, 4) is 5.75 Å². The first-order valence-electron chi connectivity index (χ1n) is 9.18. The van der Waals surface area contributed by atoms with Gasteiger partial charge in [-0.25, -0.2) is 4.79 Å². The molecule has 1 aliphatic heterocycles. The molecule has 1 aromatic carbocycles. The summed E-state index contributed by atoms with van der Waals surface area (Å²) in [5, 5.41) is 5.66. The van der Waals surface area contributed by atoms with Gasteiger partial charge in [0.05, 0.1) is 18.8 Å². The van der Waals surface area contributed by atoms with E-state index in [0.717, 1.165) is 17.9 Å². The Morgan fingerprint density at radius 3 is 2.69 bits per heavy atom. The number of ether oxygens (including phenoxy) is 2. The van der Waals surface area contributed by atoms with Gasteiger partial charge in [0.2, 0.25) is 5.91 Å². The summed E-state index contributed by atoms with van der Waals surface area (Å²) >= 11 is 0. The molecule has 26 heavy (non-hydrogen) atoms. The quantitative estimate of drug-likeness (QED) is 0.660. The monoisotopic (exact) mass is 363 g/mol. The highest BCUT2D eigenvalue weighted by atomic mass is 16.5. The molecule has 1 atom stereocenters. The van der Waals surface area contributed by atoms with Crippen LogP contribution >= 0.6 is 0 Å². The Morgan fingerprint density at radius 1 is 1.31 bits per heavy atom. The Labute approximate surface area is 155 Å². The van der Waals surface area contributed by atoms with Gasteiger partial charge < -0.3 is 25.0 Å². The van der Waals surface area contributed by atoms with Crippen LogP contribution in [-0.2, 0) is 9.53 Å². The Bertz CT molecular complexity index is 589. The van der Waals surface area contributed by atoms with E-state index < -0.39 is 0 Å². The van der Waals surface area contributed by atoms with Gasteiger partial charge in [0.1, 0.15) is 5.75 Å². The predicted molar refractivity (Wildman–Crippen MR) is 101 cm³/mol. The smallest absolute Gasteiger partial charge is 0.315 e. The number of hydrogen-bond donors (Lipinski definition) is 2. The van der Waals surface area contributed by atoms with Crippen LogP contribution in [0.1, 0.15) is 33.6 Å². The number of benzene rings is 1. The van der Waals surface area contributed by atoms with Crippen LogP contribution in [0.5, 0.6) is 5.75 Å². The molecular formula is C19H29N3O4. The lowest BCUT2D eigenvalue weighted by Crippen LogP contribution is -2.43. The van der Waals surface area contributed by atoms with Gasteiger partial charge in [-0.05, 0) is 51.5 Å². The number of carbonyl (C=O) groups is 2. The molecule has 1 fully saturated rings. The van der Waals surface area contributed by atoms with E-state index in [4.69, 9.17) is 9.47 Å². The highest BCUT2D eigenvalue weighted by molar-refractivity contribution is 5.96. The van der Waals surface area contributed by atoms with Crippen LogP contribution in [0.25, 0.3) is 0 Å². The van der Waals surface area contributed by atoms with Crippen molar-refractivity contribution in [1.29, 1.82) is 0 Å². The summed E-state index contributed by atoms with van der Waals surface area (Å²) in [6, 6.07) is 6.97. The highest BCUT2D eigenvalue weighted by Gasteiger charge is 2.31. The summed E-state index contributed by atoms with van der Waals surface area (Å²) in [4.78, 5) is 25.9. The minimum atomic E-state index is -0.249. The third kappa shape index (κ3) is 6.22. The van der Waals surface area contributed by atoms with E-state index in [0.29, 0.717) is 32.7 Å². The van der Waals surface area contributed by atoms with Gasteiger partial charge in [-0.1, -0.05) is 0 Å². The third-order valence-electron chi connectivity index (χ3n) is 3.98. The zero-order valence-electron chi connectivity index (χ0n) is 15.8. The van der Waals surface area contributed by atoms with Crippen LogP contribution in [-0.4, -0.2) is 50.4 Å². The molecule has 1 heterocycles. The van der Waals surface area contributed by atoms with Crippen molar-refractivity contribution in [1.82, 2.24) is 10.6 Å². The molecule has 1 aromatic rings. The van der Waals surface area contributed by atoms with E-state index in [9.17, 15) is 9.59 Å². The minimum absolute atomic E-state index is 0.00444. The van der Waals surface area contributed by atoms with Gasteiger partial charge in [-0.2, -0.15) is 0 Å². The Morgan fingerprint density at radius 2 is 2.04 bits per heavy atom. The number of carbonyl (C=O) groups excluding carboxylic acids is 2. The van der Waals surface area contributed by atoms with Gasteiger partial charge in [-0.3, -0.25) is 4.79 Å². The number of nitrogens with one attached hydrogen (secondary N) is 2. The molecule has 7 nitrogen and oxygen atoms in total. The maximum absolute atomic E-state index is 12.2. The molecule has 0 bridgehead atoms. The lowest BCUT2D eigenvalue weighted by atomic mass is 10.2. The largest absolute Gasteiger partial charge is 0.494 e. The van der Waals surface area contributed by atoms with E-state index >= 15 is 0 Å². The molecule has 144 valence electrons. The van der Waals surface area contributed by atoms with Crippen molar-refractivity contribution in [3.63, 3.8) is 0 Å². The zero-order chi connectivity index (χ0) is 18.9. The highest BCUT2D eigenvalue weighted by Crippen LogP contribution is 2.24.